The van der Waals surface area contributed by atoms with Gasteiger partial charge in [-0.15, -0.1) is 0 Å². The summed E-state index contributed by atoms with van der Waals surface area (Å²) in [6.07, 6.45) is 9.76. The molecule has 0 unspecified atom stereocenters. The summed E-state index contributed by atoms with van der Waals surface area (Å²) in [5, 5.41) is 4.29. The first-order valence-electron chi connectivity index (χ1n) is 5.88. The number of rotatable bonds is 1. The third kappa shape index (κ3) is 1.87. The molecule has 3 heteroatoms. The van der Waals surface area contributed by atoms with E-state index in [1.165, 1.54) is 30.4 Å². The van der Waals surface area contributed by atoms with Gasteiger partial charge in [0.05, 0.1) is 5.02 Å². The van der Waals surface area contributed by atoms with Gasteiger partial charge in [-0.1, -0.05) is 17.7 Å². The number of nitrogens with zero attached hydrogens (tertiary/aromatic N) is 1. The summed E-state index contributed by atoms with van der Waals surface area (Å²) in [7, 11) is 0. The molecule has 1 N–H and O–H groups in total. The Morgan fingerprint density at radius 2 is 2.31 bits per heavy atom. The fourth-order valence-electron chi connectivity index (χ4n) is 2.77. The molecule has 1 aliphatic carbocycles. The first kappa shape index (κ1) is 10.3. The van der Waals surface area contributed by atoms with Crippen molar-refractivity contribution in [2.75, 3.05) is 6.54 Å². The highest BCUT2D eigenvalue weighted by molar-refractivity contribution is 6.30. The standard InChI is InChI=1S/C13H15ClN2/c14-12-5-11(7-15-8-12)10-4-9-2-1-3-16-13(9)6-10/h5-9,13,16H,1-4H2/t9-,13+/m1/s1. The van der Waals surface area contributed by atoms with E-state index >= 15 is 0 Å². The maximum absolute atomic E-state index is 5.97. The molecule has 0 aromatic carbocycles. The zero-order valence-corrected chi connectivity index (χ0v) is 9.87. The summed E-state index contributed by atoms with van der Waals surface area (Å²) < 4.78 is 0. The third-order valence-corrected chi connectivity index (χ3v) is 3.78. The Kier molecular flexibility index (Phi) is 2.70. The number of allylic oxidation sites excluding steroid dienone is 1. The van der Waals surface area contributed by atoms with E-state index in [9.17, 15) is 0 Å². The van der Waals surface area contributed by atoms with Gasteiger partial charge in [-0.3, -0.25) is 4.98 Å². The quantitative estimate of drug-likeness (QED) is 0.808. The lowest BCUT2D eigenvalue weighted by molar-refractivity contribution is 0.341. The molecule has 1 fully saturated rings. The minimum absolute atomic E-state index is 0.572. The average Bonchev–Trinajstić information content (AvgIpc) is 2.72. The number of pyridine rings is 1. The number of halogens is 1. The van der Waals surface area contributed by atoms with Gasteiger partial charge in [0.1, 0.15) is 0 Å². The van der Waals surface area contributed by atoms with Crippen molar-refractivity contribution in [3.05, 3.63) is 35.1 Å². The lowest BCUT2D eigenvalue weighted by Crippen LogP contribution is -2.37. The van der Waals surface area contributed by atoms with E-state index in [0.29, 0.717) is 6.04 Å². The van der Waals surface area contributed by atoms with Gasteiger partial charge in [0.15, 0.2) is 0 Å². The molecule has 2 heterocycles. The van der Waals surface area contributed by atoms with Crippen LogP contribution < -0.4 is 5.32 Å². The number of fused-ring (bicyclic) bond motifs is 1. The summed E-state index contributed by atoms with van der Waals surface area (Å²) in [6, 6.07) is 2.58. The van der Waals surface area contributed by atoms with Crippen LogP contribution in [0.3, 0.4) is 0 Å². The molecule has 2 atom stereocenters. The van der Waals surface area contributed by atoms with Crippen molar-refractivity contribution >= 4 is 17.2 Å². The zero-order valence-electron chi connectivity index (χ0n) is 9.12. The van der Waals surface area contributed by atoms with Crippen LogP contribution >= 0.6 is 11.6 Å². The lowest BCUT2D eigenvalue weighted by atomic mass is 9.92. The predicted molar refractivity (Wildman–Crippen MR) is 66.4 cm³/mol. The molecular formula is C13H15ClN2. The Morgan fingerprint density at radius 3 is 3.12 bits per heavy atom. The number of nitrogens with one attached hydrogen (secondary N) is 1. The summed E-state index contributed by atoms with van der Waals surface area (Å²) >= 11 is 5.97. The minimum atomic E-state index is 0.572. The van der Waals surface area contributed by atoms with E-state index in [0.717, 1.165) is 17.5 Å². The fraction of sp³-hybridized carbons (Fsp3) is 0.462. The molecule has 2 aliphatic rings. The van der Waals surface area contributed by atoms with E-state index in [-0.39, 0.29) is 0 Å². The normalized spacial score (nSPS) is 28.7. The van der Waals surface area contributed by atoms with Crippen LogP contribution in [0.15, 0.2) is 24.5 Å². The largest absolute Gasteiger partial charge is 0.310 e. The van der Waals surface area contributed by atoms with Crippen LogP contribution in [0.2, 0.25) is 5.02 Å². The van der Waals surface area contributed by atoms with Crippen molar-refractivity contribution in [2.24, 2.45) is 5.92 Å². The van der Waals surface area contributed by atoms with Gasteiger partial charge in [-0.05, 0) is 48.9 Å². The van der Waals surface area contributed by atoms with E-state index < -0.39 is 0 Å². The van der Waals surface area contributed by atoms with Gasteiger partial charge < -0.3 is 5.32 Å². The average molecular weight is 235 g/mol. The Morgan fingerprint density at radius 1 is 1.38 bits per heavy atom. The monoisotopic (exact) mass is 234 g/mol. The Bertz CT molecular complexity index is 428. The highest BCUT2D eigenvalue weighted by Crippen LogP contribution is 2.36. The topological polar surface area (TPSA) is 24.9 Å². The van der Waals surface area contributed by atoms with Gasteiger partial charge in [0.25, 0.3) is 0 Å². The number of aromatic nitrogens is 1. The van der Waals surface area contributed by atoms with Crippen molar-refractivity contribution in [2.45, 2.75) is 25.3 Å². The predicted octanol–water partition coefficient (Wildman–Crippen LogP) is 2.89. The maximum atomic E-state index is 5.97. The Balaban J connectivity index is 1.86. The van der Waals surface area contributed by atoms with Crippen molar-refractivity contribution in [1.82, 2.24) is 10.3 Å². The van der Waals surface area contributed by atoms with Gasteiger partial charge in [-0.25, -0.2) is 0 Å². The van der Waals surface area contributed by atoms with Crippen LogP contribution in [0.25, 0.3) is 5.57 Å². The van der Waals surface area contributed by atoms with E-state index in [4.69, 9.17) is 11.6 Å². The molecule has 0 saturated carbocycles. The molecule has 0 spiro atoms. The Labute approximate surface area is 101 Å². The molecule has 1 saturated heterocycles. The van der Waals surface area contributed by atoms with Crippen molar-refractivity contribution in [3.63, 3.8) is 0 Å². The second kappa shape index (κ2) is 4.19. The smallest absolute Gasteiger partial charge is 0.0595 e. The molecular weight excluding hydrogens is 220 g/mol. The second-order valence-electron chi connectivity index (χ2n) is 4.67. The van der Waals surface area contributed by atoms with E-state index in [1.807, 2.05) is 12.3 Å². The van der Waals surface area contributed by atoms with Crippen LogP contribution in [0.5, 0.6) is 0 Å². The number of hydrogen-bond donors (Lipinski definition) is 1. The molecule has 1 aromatic rings. The lowest BCUT2D eigenvalue weighted by Gasteiger charge is -2.25. The minimum Gasteiger partial charge on any atom is -0.310 e. The Hall–Kier alpha value is -0.860. The van der Waals surface area contributed by atoms with E-state index in [1.54, 1.807) is 6.20 Å². The molecule has 0 bridgehead atoms. The summed E-state index contributed by atoms with van der Waals surface area (Å²) in [5.74, 6) is 0.780. The van der Waals surface area contributed by atoms with Crippen LogP contribution in [0.4, 0.5) is 0 Å². The van der Waals surface area contributed by atoms with Crippen molar-refractivity contribution < 1.29 is 0 Å². The zero-order chi connectivity index (χ0) is 11.0. The molecule has 2 nitrogen and oxygen atoms in total. The van der Waals surface area contributed by atoms with Gasteiger partial charge >= 0.3 is 0 Å². The molecule has 1 aliphatic heterocycles. The molecule has 0 amide bonds. The second-order valence-corrected chi connectivity index (χ2v) is 5.11. The van der Waals surface area contributed by atoms with Crippen molar-refractivity contribution in [1.29, 1.82) is 0 Å². The van der Waals surface area contributed by atoms with Crippen LogP contribution in [0, 0.1) is 5.92 Å². The van der Waals surface area contributed by atoms with Gasteiger partial charge in [-0.2, -0.15) is 0 Å². The first-order chi connectivity index (χ1) is 7.83. The SMILES string of the molecule is Clc1cncc(C2=C[C@@H]3NCCC[C@@H]3C2)c1. The summed E-state index contributed by atoms with van der Waals surface area (Å²) in [5.41, 5.74) is 2.59. The van der Waals surface area contributed by atoms with E-state index in [2.05, 4.69) is 16.4 Å². The highest BCUT2D eigenvalue weighted by atomic mass is 35.5. The fourth-order valence-corrected chi connectivity index (χ4v) is 2.95. The van der Waals surface area contributed by atoms with Crippen molar-refractivity contribution in [3.8, 4) is 0 Å². The number of piperidine rings is 1. The summed E-state index contributed by atoms with van der Waals surface area (Å²) in [6.45, 7) is 1.15. The molecule has 1 aromatic heterocycles. The molecule has 16 heavy (non-hydrogen) atoms. The number of hydrogen-bond acceptors (Lipinski definition) is 2. The third-order valence-electron chi connectivity index (χ3n) is 3.58. The van der Waals surface area contributed by atoms with Crippen LogP contribution in [-0.2, 0) is 0 Å². The highest BCUT2D eigenvalue weighted by Gasteiger charge is 2.29. The van der Waals surface area contributed by atoms with Gasteiger partial charge in [0, 0.05) is 18.4 Å². The maximum Gasteiger partial charge on any atom is 0.0595 e. The van der Waals surface area contributed by atoms with Gasteiger partial charge in [0.2, 0.25) is 0 Å². The molecule has 0 radical (unpaired) electrons. The van der Waals surface area contributed by atoms with Crippen LogP contribution in [0.1, 0.15) is 24.8 Å². The van der Waals surface area contributed by atoms with Crippen LogP contribution in [-0.4, -0.2) is 17.6 Å². The molecule has 3 rings (SSSR count). The first-order valence-corrected chi connectivity index (χ1v) is 6.26. The summed E-state index contributed by atoms with van der Waals surface area (Å²) in [4.78, 5) is 4.15. The molecule has 84 valence electrons.